The summed E-state index contributed by atoms with van der Waals surface area (Å²) in [6.45, 7) is 2.35. The van der Waals surface area contributed by atoms with Crippen LogP contribution in [0, 0.1) is 12.7 Å². The number of halogens is 2. The molecule has 3 nitrogen and oxygen atoms in total. The molecule has 3 rings (SSSR count). The number of nitrogens with zero attached hydrogens (tertiary/aromatic N) is 2. The van der Waals surface area contributed by atoms with Crippen molar-refractivity contribution in [2.75, 3.05) is 5.32 Å². The predicted octanol–water partition coefficient (Wildman–Crippen LogP) is 4.40. The van der Waals surface area contributed by atoms with Gasteiger partial charge < -0.3 is 5.32 Å². The Labute approximate surface area is 124 Å². The minimum atomic E-state index is -0.238. The van der Waals surface area contributed by atoms with Gasteiger partial charge in [-0.25, -0.2) is 14.4 Å². The normalized spacial score (nSPS) is 10.9. The Morgan fingerprint density at radius 3 is 2.90 bits per heavy atom. The Morgan fingerprint density at radius 2 is 2.10 bits per heavy atom. The van der Waals surface area contributed by atoms with Crippen molar-refractivity contribution in [1.29, 1.82) is 0 Å². The molecule has 0 amide bonds. The van der Waals surface area contributed by atoms with Gasteiger partial charge >= 0.3 is 0 Å². The molecule has 0 aliphatic carbocycles. The van der Waals surface area contributed by atoms with E-state index in [-0.39, 0.29) is 11.1 Å². The fraction of sp³-hybridized carbons (Fsp3) is 0.143. The average molecular weight is 308 g/mol. The second-order valence-corrected chi connectivity index (χ2v) is 5.93. The van der Waals surface area contributed by atoms with Crippen LogP contribution in [0.5, 0.6) is 0 Å². The van der Waals surface area contributed by atoms with E-state index in [1.165, 1.54) is 6.07 Å². The minimum absolute atomic E-state index is 0.190. The first kappa shape index (κ1) is 13.3. The number of aryl methyl sites for hydroxylation is 1. The van der Waals surface area contributed by atoms with Crippen LogP contribution in [0.4, 0.5) is 10.2 Å². The molecule has 0 saturated carbocycles. The second kappa shape index (κ2) is 5.34. The number of aromatic nitrogens is 2. The number of anilines is 1. The number of thiophene rings is 1. The van der Waals surface area contributed by atoms with E-state index in [9.17, 15) is 4.39 Å². The van der Waals surface area contributed by atoms with Gasteiger partial charge in [0.25, 0.3) is 0 Å². The summed E-state index contributed by atoms with van der Waals surface area (Å²) < 4.78 is 13.6. The Balaban J connectivity index is 1.93. The summed E-state index contributed by atoms with van der Waals surface area (Å²) in [6.07, 6.45) is 0. The molecule has 0 radical (unpaired) electrons. The molecule has 0 aliphatic rings. The molecular weight excluding hydrogens is 297 g/mol. The van der Waals surface area contributed by atoms with Gasteiger partial charge in [0, 0.05) is 17.0 Å². The smallest absolute Gasteiger partial charge is 0.225 e. The van der Waals surface area contributed by atoms with Gasteiger partial charge in [-0.15, -0.1) is 11.3 Å². The molecule has 6 heteroatoms. The lowest BCUT2D eigenvalue weighted by atomic mass is 10.2. The highest BCUT2D eigenvalue weighted by molar-refractivity contribution is 7.18. The fourth-order valence-corrected chi connectivity index (χ4v) is 3.07. The van der Waals surface area contributed by atoms with Gasteiger partial charge in [0.1, 0.15) is 16.5 Å². The zero-order chi connectivity index (χ0) is 14.1. The van der Waals surface area contributed by atoms with E-state index in [2.05, 4.69) is 15.3 Å². The van der Waals surface area contributed by atoms with Crippen LogP contribution in [0.2, 0.25) is 5.28 Å². The van der Waals surface area contributed by atoms with Crippen LogP contribution >= 0.6 is 22.9 Å². The summed E-state index contributed by atoms with van der Waals surface area (Å²) >= 11 is 7.47. The Bertz CT molecular complexity index is 772. The highest BCUT2D eigenvalue weighted by atomic mass is 35.5. The third kappa shape index (κ3) is 2.59. The number of fused-ring (bicyclic) bond motifs is 1. The first-order valence-electron chi connectivity index (χ1n) is 6.04. The highest BCUT2D eigenvalue weighted by Gasteiger charge is 2.10. The summed E-state index contributed by atoms with van der Waals surface area (Å²) in [4.78, 5) is 10.3. The maximum atomic E-state index is 13.6. The van der Waals surface area contributed by atoms with E-state index in [0.717, 1.165) is 15.1 Å². The Kier molecular flexibility index (Phi) is 3.54. The molecule has 3 aromatic rings. The minimum Gasteiger partial charge on any atom is -0.365 e. The lowest BCUT2D eigenvalue weighted by Gasteiger charge is -2.07. The van der Waals surface area contributed by atoms with Crippen LogP contribution in [0.15, 0.2) is 30.3 Å². The average Bonchev–Trinajstić information content (AvgIpc) is 2.77. The lowest BCUT2D eigenvalue weighted by Crippen LogP contribution is -2.04. The van der Waals surface area contributed by atoms with Gasteiger partial charge in [0.2, 0.25) is 5.28 Å². The molecule has 1 N–H and O–H groups in total. The summed E-state index contributed by atoms with van der Waals surface area (Å²) in [5, 5.41) is 4.23. The van der Waals surface area contributed by atoms with Crippen LogP contribution in [-0.4, -0.2) is 9.97 Å². The molecule has 2 aromatic heterocycles. The van der Waals surface area contributed by atoms with Gasteiger partial charge in [0.05, 0.1) is 5.39 Å². The number of hydrogen-bond donors (Lipinski definition) is 1. The topological polar surface area (TPSA) is 37.8 Å². The van der Waals surface area contributed by atoms with Gasteiger partial charge in [-0.3, -0.25) is 0 Å². The molecule has 0 spiro atoms. The number of nitrogens with one attached hydrogen (secondary N) is 1. The van der Waals surface area contributed by atoms with Crippen molar-refractivity contribution in [2.45, 2.75) is 13.5 Å². The summed E-state index contributed by atoms with van der Waals surface area (Å²) in [5.41, 5.74) is 0.585. The summed E-state index contributed by atoms with van der Waals surface area (Å²) in [6, 6.07) is 8.65. The lowest BCUT2D eigenvalue weighted by molar-refractivity contribution is 0.613. The van der Waals surface area contributed by atoms with Gasteiger partial charge in [-0.1, -0.05) is 18.2 Å². The van der Waals surface area contributed by atoms with Crippen molar-refractivity contribution >= 4 is 39.0 Å². The molecule has 102 valence electrons. The van der Waals surface area contributed by atoms with E-state index in [1.807, 2.05) is 13.0 Å². The first-order valence-corrected chi connectivity index (χ1v) is 7.24. The molecule has 0 bridgehead atoms. The van der Waals surface area contributed by atoms with E-state index in [4.69, 9.17) is 11.6 Å². The van der Waals surface area contributed by atoms with Crippen molar-refractivity contribution in [1.82, 2.24) is 9.97 Å². The van der Waals surface area contributed by atoms with Crippen LogP contribution in [-0.2, 0) is 6.54 Å². The molecule has 1 aromatic carbocycles. The maximum absolute atomic E-state index is 13.6. The summed E-state index contributed by atoms with van der Waals surface area (Å²) in [7, 11) is 0. The predicted molar refractivity (Wildman–Crippen MR) is 80.9 cm³/mol. The number of rotatable bonds is 3. The zero-order valence-corrected chi connectivity index (χ0v) is 12.2. The van der Waals surface area contributed by atoms with Crippen molar-refractivity contribution < 1.29 is 4.39 Å². The molecule has 0 atom stereocenters. The molecular formula is C14H11ClFN3S. The van der Waals surface area contributed by atoms with Crippen molar-refractivity contribution in [3.63, 3.8) is 0 Å². The number of benzene rings is 1. The van der Waals surface area contributed by atoms with E-state index >= 15 is 0 Å². The zero-order valence-electron chi connectivity index (χ0n) is 10.7. The van der Waals surface area contributed by atoms with Crippen molar-refractivity contribution in [2.24, 2.45) is 0 Å². The summed E-state index contributed by atoms with van der Waals surface area (Å²) in [5.74, 6) is 0.394. The number of hydrogen-bond acceptors (Lipinski definition) is 4. The van der Waals surface area contributed by atoms with Crippen molar-refractivity contribution in [3.8, 4) is 0 Å². The molecule has 2 heterocycles. The van der Waals surface area contributed by atoms with Crippen LogP contribution in [0.3, 0.4) is 0 Å². The molecule has 0 aliphatic heterocycles. The van der Waals surface area contributed by atoms with E-state index in [1.54, 1.807) is 29.5 Å². The largest absolute Gasteiger partial charge is 0.365 e. The quantitative estimate of drug-likeness (QED) is 0.729. The van der Waals surface area contributed by atoms with Crippen molar-refractivity contribution in [3.05, 3.63) is 51.9 Å². The standard InChI is InChI=1S/C14H11ClFN3S/c1-8-6-10-12(18-14(15)19-13(10)20-8)17-7-9-4-2-3-5-11(9)16/h2-6H,7H2,1H3,(H,17,18,19). The van der Waals surface area contributed by atoms with Crippen LogP contribution in [0.1, 0.15) is 10.4 Å². The van der Waals surface area contributed by atoms with Gasteiger partial charge in [0.15, 0.2) is 0 Å². The first-order chi connectivity index (χ1) is 9.63. The Morgan fingerprint density at radius 1 is 1.30 bits per heavy atom. The second-order valence-electron chi connectivity index (χ2n) is 4.36. The fourth-order valence-electron chi connectivity index (χ4n) is 1.97. The maximum Gasteiger partial charge on any atom is 0.225 e. The van der Waals surface area contributed by atoms with E-state index in [0.29, 0.717) is 17.9 Å². The third-order valence-corrected chi connectivity index (χ3v) is 4.01. The van der Waals surface area contributed by atoms with Gasteiger partial charge in [-0.05, 0) is 30.7 Å². The highest BCUT2D eigenvalue weighted by Crippen LogP contribution is 2.29. The molecule has 0 fully saturated rings. The molecule has 0 unspecified atom stereocenters. The SMILES string of the molecule is Cc1cc2c(NCc3ccccc3F)nc(Cl)nc2s1. The van der Waals surface area contributed by atoms with E-state index < -0.39 is 0 Å². The molecule has 0 saturated heterocycles. The Hall–Kier alpha value is -1.72. The van der Waals surface area contributed by atoms with Crippen LogP contribution < -0.4 is 5.32 Å². The molecule has 20 heavy (non-hydrogen) atoms. The van der Waals surface area contributed by atoms with Crippen LogP contribution in [0.25, 0.3) is 10.2 Å². The van der Waals surface area contributed by atoms with Gasteiger partial charge in [-0.2, -0.15) is 0 Å². The monoisotopic (exact) mass is 307 g/mol. The third-order valence-electron chi connectivity index (χ3n) is 2.89.